The van der Waals surface area contributed by atoms with Crippen molar-refractivity contribution in [3.8, 4) is 0 Å². The average Bonchev–Trinajstić information content (AvgIpc) is 2.43. The van der Waals surface area contributed by atoms with E-state index < -0.39 is 0 Å². The Hall–Kier alpha value is -0.860. The molecule has 0 spiro atoms. The average molecular weight is 288 g/mol. The highest BCUT2D eigenvalue weighted by atomic mass is 32.1. The van der Waals surface area contributed by atoms with Crippen LogP contribution in [0.1, 0.15) is 30.4 Å². The van der Waals surface area contributed by atoms with Gasteiger partial charge in [0.15, 0.2) is 0 Å². The molecule has 2 aromatic rings. The molecule has 0 heterocycles. The van der Waals surface area contributed by atoms with Gasteiger partial charge in [-0.1, -0.05) is 30.7 Å². The van der Waals surface area contributed by atoms with E-state index in [4.69, 9.17) is 0 Å². The highest BCUT2D eigenvalue weighted by Gasteiger charge is 1.96. The molecule has 0 aliphatic heterocycles. The molecular formula is C17H20S2. The van der Waals surface area contributed by atoms with Crippen LogP contribution in [0.3, 0.4) is 0 Å². The summed E-state index contributed by atoms with van der Waals surface area (Å²) in [6, 6.07) is 17.0. The van der Waals surface area contributed by atoms with Crippen molar-refractivity contribution < 1.29 is 0 Å². The maximum atomic E-state index is 4.30. The molecule has 0 N–H and O–H groups in total. The van der Waals surface area contributed by atoms with Crippen LogP contribution in [0.2, 0.25) is 0 Å². The monoisotopic (exact) mass is 288 g/mol. The summed E-state index contributed by atoms with van der Waals surface area (Å²) in [5, 5.41) is 0. The van der Waals surface area contributed by atoms with E-state index in [0.29, 0.717) is 0 Å². The van der Waals surface area contributed by atoms with Gasteiger partial charge < -0.3 is 0 Å². The molecule has 2 rings (SSSR count). The van der Waals surface area contributed by atoms with Crippen LogP contribution in [0.25, 0.3) is 0 Å². The lowest BCUT2D eigenvalue weighted by atomic mass is 10.0. The second-order valence-electron chi connectivity index (χ2n) is 4.89. The van der Waals surface area contributed by atoms with Gasteiger partial charge in [0, 0.05) is 9.79 Å². The predicted octanol–water partition coefficient (Wildman–Crippen LogP) is 5.22. The first-order valence-electron chi connectivity index (χ1n) is 6.80. The lowest BCUT2D eigenvalue weighted by Crippen LogP contribution is -1.88. The van der Waals surface area contributed by atoms with E-state index in [0.717, 1.165) is 9.79 Å². The number of unbranched alkanes of at least 4 members (excludes halogenated alkanes) is 2. The summed E-state index contributed by atoms with van der Waals surface area (Å²) in [7, 11) is 0. The van der Waals surface area contributed by atoms with Gasteiger partial charge in [0.1, 0.15) is 0 Å². The number of benzene rings is 2. The molecular weight excluding hydrogens is 268 g/mol. The highest BCUT2D eigenvalue weighted by Crippen LogP contribution is 2.13. The van der Waals surface area contributed by atoms with Crippen molar-refractivity contribution in [1.29, 1.82) is 0 Å². The third kappa shape index (κ3) is 5.33. The minimum Gasteiger partial charge on any atom is -0.143 e. The lowest BCUT2D eigenvalue weighted by molar-refractivity contribution is 0.678. The number of rotatable bonds is 6. The normalized spacial score (nSPS) is 10.6. The van der Waals surface area contributed by atoms with E-state index >= 15 is 0 Å². The maximum Gasteiger partial charge on any atom is 0.00401 e. The molecule has 0 aromatic heterocycles. The van der Waals surface area contributed by atoms with E-state index in [9.17, 15) is 0 Å². The number of hydrogen-bond donors (Lipinski definition) is 2. The molecule has 0 aliphatic carbocycles. The molecule has 0 unspecified atom stereocenters. The van der Waals surface area contributed by atoms with Crippen molar-refractivity contribution in [2.24, 2.45) is 0 Å². The number of hydrogen-bond acceptors (Lipinski definition) is 2. The van der Waals surface area contributed by atoms with Gasteiger partial charge in [0.05, 0.1) is 0 Å². The molecule has 0 nitrogen and oxygen atoms in total. The van der Waals surface area contributed by atoms with Crippen LogP contribution >= 0.6 is 25.3 Å². The van der Waals surface area contributed by atoms with E-state index in [2.05, 4.69) is 73.8 Å². The molecule has 0 atom stereocenters. The topological polar surface area (TPSA) is 0 Å². The van der Waals surface area contributed by atoms with Crippen LogP contribution in [0.4, 0.5) is 0 Å². The fraction of sp³-hybridized carbons (Fsp3) is 0.294. The van der Waals surface area contributed by atoms with Gasteiger partial charge in [0.2, 0.25) is 0 Å². The standard InChI is InChI=1S/C17H20S2/c18-16-10-6-14(7-11-16)4-2-1-3-5-15-8-12-17(19)13-9-15/h6-13,18-19H,1-5H2. The van der Waals surface area contributed by atoms with Gasteiger partial charge in [-0.25, -0.2) is 0 Å². The predicted molar refractivity (Wildman–Crippen MR) is 88.6 cm³/mol. The Bertz CT molecular complexity index is 438. The van der Waals surface area contributed by atoms with Crippen molar-refractivity contribution in [2.45, 2.75) is 41.9 Å². The summed E-state index contributed by atoms with van der Waals surface area (Å²) >= 11 is 8.60. The minimum absolute atomic E-state index is 1.04. The summed E-state index contributed by atoms with van der Waals surface area (Å²) in [5.41, 5.74) is 2.83. The maximum absolute atomic E-state index is 4.30. The van der Waals surface area contributed by atoms with Gasteiger partial charge in [-0.05, 0) is 61.1 Å². The molecule has 0 saturated carbocycles. The van der Waals surface area contributed by atoms with Crippen molar-refractivity contribution in [3.63, 3.8) is 0 Å². The molecule has 2 aromatic carbocycles. The van der Waals surface area contributed by atoms with E-state index in [1.807, 2.05) is 0 Å². The Morgan fingerprint density at radius 3 is 1.26 bits per heavy atom. The van der Waals surface area contributed by atoms with Gasteiger partial charge in [-0.3, -0.25) is 0 Å². The number of aryl methyl sites for hydroxylation is 2. The van der Waals surface area contributed by atoms with Crippen molar-refractivity contribution in [1.82, 2.24) is 0 Å². The Morgan fingerprint density at radius 2 is 0.895 bits per heavy atom. The largest absolute Gasteiger partial charge is 0.143 e. The Kier molecular flexibility index (Phi) is 5.87. The first kappa shape index (κ1) is 14.5. The van der Waals surface area contributed by atoms with Crippen LogP contribution in [0, 0.1) is 0 Å². The van der Waals surface area contributed by atoms with Gasteiger partial charge in [0.25, 0.3) is 0 Å². The molecule has 100 valence electrons. The Morgan fingerprint density at radius 1 is 0.526 bits per heavy atom. The third-order valence-electron chi connectivity index (χ3n) is 3.30. The van der Waals surface area contributed by atoms with Gasteiger partial charge in [-0.2, -0.15) is 0 Å². The van der Waals surface area contributed by atoms with Crippen molar-refractivity contribution >= 4 is 25.3 Å². The third-order valence-corrected chi connectivity index (χ3v) is 3.90. The van der Waals surface area contributed by atoms with E-state index in [1.54, 1.807) is 0 Å². The Labute approximate surface area is 127 Å². The van der Waals surface area contributed by atoms with Crippen molar-refractivity contribution in [3.05, 3.63) is 59.7 Å². The summed E-state index contributed by atoms with van der Waals surface area (Å²) in [6.07, 6.45) is 6.14. The van der Waals surface area contributed by atoms with Gasteiger partial charge >= 0.3 is 0 Å². The molecule has 0 amide bonds. The van der Waals surface area contributed by atoms with E-state index in [-0.39, 0.29) is 0 Å². The molecule has 0 bridgehead atoms. The minimum atomic E-state index is 1.04. The quantitative estimate of drug-likeness (QED) is 0.528. The van der Waals surface area contributed by atoms with Gasteiger partial charge in [-0.15, -0.1) is 25.3 Å². The fourth-order valence-corrected chi connectivity index (χ4v) is 2.46. The van der Waals surface area contributed by atoms with E-state index in [1.165, 1.54) is 43.2 Å². The zero-order valence-corrected chi connectivity index (χ0v) is 12.8. The highest BCUT2D eigenvalue weighted by molar-refractivity contribution is 7.80. The summed E-state index contributed by atoms with van der Waals surface area (Å²) in [5.74, 6) is 0. The molecule has 0 fully saturated rings. The lowest BCUT2D eigenvalue weighted by Gasteiger charge is -2.03. The first-order chi connectivity index (χ1) is 9.24. The van der Waals surface area contributed by atoms with Crippen LogP contribution in [-0.4, -0.2) is 0 Å². The first-order valence-corrected chi connectivity index (χ1v) is 7.69. The van der Waals surface area contributed by atoms with Crippen LogP contribution < -0.4 is 0 Å². The SMILES string of the molecule is Sc1ccc(CCCCCc2ccc(S)cc2)cc1. The van der Waals surface area contributed by atoms with Crippen molar-refractivity contribution in [2.75, 3.05) is 0 Å². The molecule has 0 radical (unpaired) electrons. The molecule has 2 heteroatoms. The summed E-state index contributed by atoms with van der Waals surface area (Å²) in [4.78, 5) is 2.08. The van der Waals surface area contributed by atoms with Crippen LogP contribution in [0.15, 0.2) is 58.3 Å². The zero-order chi connectivity index (χ0) is 13.5. The molecule has 0 aliphatic rings. The molecule has 19 heavy (non-hydrogen) atoms. The number of thiol groups is 2. The van der Waals surface area contributed by atoms with Crippen LogP contribution in [0.5, 0.6) is 0 Å². The smallest absolute Gasteiger partial charge is 0.00401 e. The fourth-order valence-electron chi connectivity index (χ4n) is 2.16. The zero-order valence-electron chi connectivity index (χ0n) is 11.0. The van der Waals surface area contributed by atoms with Crippen LogP contribution in [-0.2, 0) is 12.8 Å². The second kappa shape index (κ2) is 7.66. The summed E-state index contributed by atoms with van der Waals surface area (Å²) in [6.45, 7) is 0. The summed E-state index contributed by atoms with van der Waals surface area (Å²) < 4.78 is 0. The Balaban J connectivity index is 1.64. The second-order valence-corrected chi connectivity index (χ2v) is 5.93. The molecule has 0 saturated heterocycles.